The minimum atomic E-state index is 0.493. The lowest BCUT2D eigenvalue weighted by atomic mass is 10.1. The molecule has 1 saturated heterocycles. The Morgan fingerprint density at radius 2 is 2.29 bits per heavy atom. The Labute approximate surface area is 116 Å². The van der Waals surface area contributed by atoms with Gasteiger partial charge in [-0.05, 0) is 41.4 Å². The predicted octanol–water partition coefficient (Wildman–Crippen LogP) is 3.68. The molecule has 0 radical (unpaired) electrons. The summed E-state index contributed by atoms with van der Waals surface area (Å²) in [5.41, 5.74) is 1.20. The van der Waals surface area contributed by atoms with Crippen LogP contribution in [0.25, 0.3) is 0 Å². The first-order valence-corrected chi connectivity index (χ1v) is 7.24. The SMILES string of the molecule is CCC1CN(c2cccc(Cl)c2Br)C(C)CN1. The normalized spacial score (nSPS) is 25.1. The third-order valence-corrected chi connectivity index (χ3v) is 4.76. The van der Waals surface area contributed by atoms with Crippen molar-refractivity contribution < 1.29 is 0 Å². The number of rotatable bonds is 2. The monoisotopic (exact) mass is 316 g/mol. The van der Waals surface area contributed by atoms with Crippen LogP contribution >= 0.6 is 27.5 Å². The zero-order valence-electron chi connectivity index (χ0n) is 10.2. The fourth-order valence-electron chi connectivity index (χ4n) is 2.25. The van der Waals surface area contributed by atoms with Crippen LogP contribution in [0.2, 0.25) is 5.02 Å². The second kappa shape index (κ2) is 5.59. The molecule has 4 heteroatoms. The Morgan fingerprint density at radius 1 is 1.53 bits per heavy atom. The van der Waals surface area contributed by atoms with Gasteiger partial charge in [0.2, 0.25) is 0 Å². The van der Waals surface area contributed by atoms with Gasteiger partial charge in [0.15, 0.2) is 0 Å². The minimum Gasteiger partial charge on any atom is -0.365 e. The molecular formula is C13H18BrClN2. The largest absolute Gasteiger partial charge is 0.365 e. The number of benzene rings is 1. The molecule has 1 aliphatic rings. The third-order valence-electron chi connectivity index (χ3n) is 3.38. The van der Waals surface area contributed by atoms with Crippen molar-refractivity contribution in [2.24, 2.45) is 0 Å². The van der Waals surface area contributed by atoms with Crippen LogP contribution in [0.1, 0.15) is 20.3 Å². The molecule has 1 aromatic rings. The van der Waals surface area contributed by atoms with Crippen molar-refractivity contribution >= 4 is 33.2 Å². The molecule has 0 spiro atoms. The van der Waals surface area contributed by atoms with E-state index in [9.17, 15) is 0 Å². The Bertz CT molecular complexity index is 397. The molecule has 1 aliphatic heterocycles. The van der Waals surface area contributed by atoms with Crippen molar-refractivity contribution in [2.45, 2.75) is 32.4 Å². The van der Waals surface area contributed by atoms with Crippen LogP contribution in [0.4, 0.5) is 5.69 Å². The Morgan fingerprint density at radius 3 is 3.00 bits per heavy atom. The van der Waals surface area contributed by atoms with Crippen LogP contribution in [-0.4, -0.2) is 25.2 Å². The summed E-state index contributed by atoms with van der Waals surface area (Å²) in [4.78, 5) is 2.43. The van der Waals surface area contributed by atoms with Gasteiger partial charge >= 0.3 is 0 Å². The second-order valence-corrected chi connectivity index (χ2v) is 5.79. The molecule has 0 amide bonds. The zero-order valence-corrected chi connectivity index (χ0v) is 12.6. The van der Waals surface area contributed by atoms with Gasteiger partial charge in [0.05, 0.1) is 15.2 Å². The molecular weight excluding hydrogens is 300 g/mol. The van der Waals surface area contributed by atoms with Gasteiger partial charge in [-0.3, -0.25) is 0 Å². The first-order valence-electron chi connectivity index (χ1n) is 6.07. The molecule has 0 aliphatic carbocycles. The fourth-order valence-corrected chi connectivity index (χ4v) is 2.91. The number of halogens is 2. The second-order valence-electron chi connectivity index (χ2n) is 4.59. The van der Waals surface area contributed by atoms with Crippen LogP contribution in [-0.2, 0) is 0 Å². The van der Waals surface area contributed by atoms with Gasteiger partial charge in [-0.25, -0.2) is 0 Å². The van der Waals surface area contributed by atoms with Crippen molar-refractivity contribution in [3.05, 3.63) is 27.7 Å². The highest BCUT2D eigenvalue weighted by molar-refractivity contribution is 9.10. The van der Waals surface area contributed by atoms with E-state index in [1.165, 1.54) is 5.69 Å². The average Bonchev–Trinajstić information content (AvgIpc) is 2.34. The van der Waals surface area contributed by atoms with E-state index in [-0.39, 0.29) is 0 Å². The Hall–Kier alpha value is -0.250. The summed E-state index contributed by atoms with van der Waals surface area (Å²) in [7, 11) is 0. The summed E-state index contributed by atoms with van der Waals surface area (Å²) in [6.07, 6.45) is 1.15. The lowest BCUT2D eigenvalue weighted by Gasteiger charge is -2.40. The maximum atomic E-state index is 6.16. The van der Waals surface area contributed by atoms with E-state index in [4.69, 9.17) is 11.6 Å². The van der Waals surface area contributed by atoms with Gasteiger partial charge < -0.3 is 10.2 Å². The molecule has 94 valence electrons. The Kier molecular flexibility index (Phi) is 4.34. The van der Waals surface area contributed by atoms with E-state index in [0.717, 1.165) is 29.0 Å². The standard InChI is InChI=1S/C13H18BrClN2/c1-3-10-8-17(9(2)7-16-10)12-6-4-5-11(15)13(12)14/h4-6,9-10,16H,3,7-8H2,1-2H3. The number of piperazine rings is 1. The first-order chi connectivity index (χ1) is 8.13. The summed E-state index contributed by atoms with van der Waals surface area (Å²) in [6, 6.07) is 7.12. The van der Waals surface area contributed by atoms with Crippen molar-refractivity contribution in [1.29, 1.82) is 0 Å². The zero-order chi connectivity index (χ0) is 12.4. The Balaban J connectivity index is 2.27. The molecule has 2 nitrogen and oxygen atoms in total. The van der Waals surface area contributed by atoms with E-state index in [2.05, 4.69) is 46.1 Å². The van der Waals surface area contributed by atoms with E-state index in [1.54, 1.807) is 0 Å². The highest BCUT2D eigenvalue weighted by Gasteiger charge is 2.25. The maximum absolute atomic E-state index is 6.16. The van der Waals surface area contributed by atoms with E-state index < -0.39 is 0 Å². The number of hydrogen-bond donors (Lipinski definition) is 1. The molecule has 0 aromatic heterocycles. The number of nitrogens with zero attached hydrogens (tertiary/aromatic N) is 1. The van der Waals surface area contributed by atoms with Crippen LogP contribution < -0.4 is 10.2 Å². The topological polar surface area (TPSA) is 15.3 Å². The predicted molar refractivity (Wildman–Crippen MR) is 78.0 cm³/mol. The van der Waals surface area contributed by atoms with Crippen LogP contribution in [0.5, 0.6) is 0 Å². The van der Waals surface area contributed by atoms with Crippen molar-refractivity contribution in [1.82, 2.24) is 5.32 Å². The van der Waals surface area contributed by atoms with Crippen molar-refractivity contribution in [3.8, 4) is 0 Å². The van der Waals surface area contributed by atoms with Gasteiger partial charge in [0.25, 0.3) is 0 Å². The summed E-state index contributed by atoms with van der Waals surface area (Å²) in [5, 5.41) is 4.34. The van der Waals surface area contributed by atoms with Crippen molar-refractivity contribution in [2.75, 3.05) is 18.0 Å². The van der Waals surface area contributed by atoms with Gasteiger partial charge in [-0.2, -0.15) is 0 Å². The lowest BCUT2D eigenvalue weighted by Crippen LogP contribution is -2.55. The molecule has 2 rings (SSSR count). The molecule has 1 heterocycles. The highest BCUT2D eigenvalue weighted by Crippen LogP contribution is 2.34. The van der Waals surface area contributed by atoms with Crippen LogP contribution in [0.3, 0.4) is 0 Å². The summed E-state index contributed by atoms with van der Waals surface area (Å²) >= 11 is 9.75. The van der Waals surface area contributed by atoms with E-state index in [0.29, 0.717) is 12.1 Å². The molecule has 0 bridgehead atoms. The fraction of sp³-hybridized carbons (Fsp3) is 0.538. The lowest BCUT2D eigenvalue weighted by molar-refractivity contribution is 0.397. The summed E-state index contributed by atoms with van der Waals surface area (Å²) < 4.78 is 1.00. The summed E-state index contributed by atoms with van der Waals surface area (Å²) in [6.45, 7) is 6.53. The van der Waals surface area contributed by atoms with Gasteiger partial charge in [0, 0.05) is 25.2 Å². The maximum Gasteiger partial charge on any atom is 0.0595 e. The van der Waals surface area contributed by atoms with Gasteiger partial charge in [-0.1, -0.05) is 24.6 Å². The number of anilines is 1. The smallest absolute Gasteiger partial charge is 0.0595 e. The van der Waals surface area contributed by atoms with Crippen molar-refractivity contribution in [3.63, 3.8) is 0 Å². The molecule has 1 fully saturated rings. The molecule has 17 heavy (non-hydrogen) atoms. The minimum absolute atomic E-state index is 0.493. The third kappa shape index (κ3) is 2.78. The quantitative estimate of drug-likeness (QED) is 0.895. The average molecular weight is 318 g/mol. The molecule has 1 N–H and O–H groups in total. The molecule has 2 unspecified atom stereocenters. The number of nitrogens with one attached hydrogen (secondary N) is 1. The molecule has 1 aromatic carbocycles. The van der Waals surface area contributed by atoms with E-state index >= 15 is 0 Å². The highest BCUT2D eigenvalue weighted by atomic mass is 79.9. The van der Waals surface area contributed by atoms with Gasteiger partial charge in [-0.15, -0.1) is 0 Å². The number of hydrogen-bond acceptors (Lipinski definition) is 2. The molecule has 2 atom stereocenters. The molecule has 0 saturated carbocycles. The van der Waals surface area contributed by atoms with Crippen LogP contribution in [0, 0.1) is 0 Å². The van der Waals surface area contributed by atoms with E-state index in [1.807, 2.05) is 12.1 Å². The first kappa shape index (κ1) is 13.2. The van der Waals surface area contributed by atoms with Crippen LogP contribution in [0.15, 0.2) is 22.7 Å². The van der Waals surface area contributed by atoms with Gasteiger partial charge in [0.1, 0.15) is 0 Å². The summed E-state index contributed by atoms with van der Waals surface area (Å²) in [5.74, 6) is 0.